The molecule has 0 saturated heterocycles. The Morgan fingerprint density at radius 3 is 0.882 bits per heavy atom. The van der Waals surface area contributed by atoms with Gasteiger partial charge in [-0.3, -0.25) is 0 Å². The first-order valence-electron chi connectivity index (χ1n) is 6.81. The molecule has 0 aromatic rings. The Kier molecular flexibility index (Phi) is 6.26. The molecule has 0 amide bonds. The van der Waals surface area contributed by atoms with E-state index in [-0.39, 0.29) is 0 Å². The summed E-state index contributed by atoms with van der Waals surface area (Å²) in [4.78, 5) is 0. The average molecular weight is 399 g/mol. The van der Waals surface area contributed by atoms with Gasteiger partial charge in [-0.1, -0.05) is 0 Å². The summed E-state index contributed by atoms with van der Waals surface area (Å²) < 4.78 is 18.8. The van der Waals surface area contributed by atoms with E-state index in [4.69, 9.17) is 0 Å². The van der Waals surface area contributed by atoms with E-state index in [0.717, 1.165) is 12.2 Å². The third-order valence-corrected chi connectivity index (χ3v) is 51.1. The molecule has 0 aromatic carbocycles. The van der Waals surface area contributed by atoms with E-state index >= 15 is 2.87 Å². The monoisotopic (exact) mass is 400 g/mol. The Labute approximate surface area is 116 Å². The van der Waals surface area contributed by atoms with Gasteiger partial charge in [0, 0.05) is 0 Å². The first-order chi connectivity index (χ1) is 7.12. The normalized spacial score (nSPS) is 15.2. The van der Waals surface area contributed by atoms with E-state index in [1.165, 1.54) is 0 Å². The predicted molar refractivity (Wildman–Crippen MR) is 91.3 cm³/mol. The summed E-state index contributed by atoms with van der Waals surface area (Å²) in [5.74, 6) is 0. The van der Waals surface area contributed by atoms with Gasteiger partial charge in [-0.05, 0) is 0 Å². The van der Waals surface area contributed by atoms with Crippen LogP contribution in [0.25, 0.3) is 0 Å². The van der Waals surface area contributed by atoms with E-state index in [0.29, 0.717) is 0 Å². The van der Waals surface area contributed by atoms with Crippen LogP contribution in [0.15, 0.2) is 0 Å². The first-order valence-corrected chi connectivity index (χ1v) is 25.1. The van der Waals surface area contributed by atoms with E-state index in [1.807, 2.05) is 0 Å². The van der Waals surface area contributed by atoms with Gasteiger partial charge in [0.15, 0.2) is 0 Å². The molecule has 0 spiro atoms. The van der Waals surface area contributed by atoms with Gasteiger partial charge in [0.1, 0.15) is 0 Å². The molecule has 0 aromatic heterocycles. The van der Waals surface area contributed by atoms with Crippen LogP contribution < -0.4 is 0 Å². The molecule has 0 aliphatic rings. The van der Waals surface area contributed by atoms with Crippen molar-refractivity contribution in [2.24, 2.45) is 0 Å². The van der Waals surface area contributed by atoms with Crippen LogP contribution in [0, 0.1) is 0 Å². The molecular formula is C12H33FSi3Sn. The maximum absolute atomic E-state index is 15.6. The zero-order chi connectivity index (χ0) is 14.1. The second kappa shape index (κ2) is 5.79. The van der Waals surface area contributed by atoms with Crippen LogP contribution in [-0.2, 0) is 0 Å². The van der Waals surface area contributed by atoms with Crippen LogP contribution in [0.2, 0.25) is 71.1 Å². The van der Waals surface area contributed by atoms with E-state index < -0.39 is 43.2 Å². The van der Waals surface area contributed by atoms with Crippen LogP contribution in [-0.4, -0.2) is 43.2 Å². The SMILES string of the molecule is C[Si](C)(C)[CH2][Sn]([F])([CH2][Si](C)(C)C)[CH2][Si](C)(C)C. The summed E-state index contributed by atoms with van der Waals surface area (Å²) >= 11 is -3.29. The van der Waals surface area contributed by atoms with Crippen LogP contribution in [0.5, 0.6) is 0 Å². The Morgan fingerprint density at radius 2 is 0.765 bits per heavy atom. The Balaban J connectivity index is 4.95. The van der Waals surface area contributed by atoms with Crippen molar-refractivity contribution in [2.75, 3.05) is 0 Å². The van der Waals surface area contributed by atoms with Crippen LogP contribution >= 0.6 is 0 Å². The minimum atomic E-state index is -3.29. The number of halogens is 1. The van der Waals surface area contributed by atoms with E-state index in [2.05, 4.69) is 58.9 Å². The predicted octanol–water partition coefficient (Wildman–Crippen LogP) is 5.53. The van der Waals surface area contributed by atoms with Gasteiger partial charge in [-0.25, -0.2) is 0 Å². The van der Waals surface area contributed by atoms with Crippen molar-refractivity contribution in [1.82, 2.24) is 0 Å². The molecule has 0 nitrogen and oxygen atoms in total. The van der Waals surface area contributed by atoms with Gasteiger partial charge >= 0.3 is 117 Å². The number of rotatable bonds is 6. The fraction of sp³-hybridized carbons (Fsp3) is 1.00. The van der Waals surface area contributed by atoms with Gasteiger partial charge in [-0.15, -0.1) is 0 Å². The molecule has 0 bridgehead atoms. The van der Waals surface area contributed by atoms with Crippen molar-refractivity contribution in [2.45, 2.75) is 71.1 Å². The van der Waals surface area contributed by atoms with Crippen molar-refractivity contribution in [1.29, 1.82) is 0 Å². The average Bonchev–Trinajstić information content (AvgIpc) is 1.65. The molecule has 5 heteroatoms. The number of hydrogen-bond acceptors (Lipinski definition) is 0. The summed E-state index contributed by atoms with van der Waals surface area (Å²) in [6.45, 7) is 21.2. The van der Waals surface area contributed by atoms with Gasteiger partial charge in [0.2, 0.25) is 0 Å². The fourth-order valence-electron chi connectivity index (χ4n) is 3.04. The zero-order valence-corrected chi connectivity index (χ0v) is 19.4. The first kappa shape index (κ1) is 18.4. The van der Waals surface area contributed by atoms with E-state index in [9.17, 15) is 0 Å². The molecule has 0 unspecified atom stereocenters. The summed E-state index contributed by atoms with van der Waals surface area (Å²) in [5, 5.41) is 0. The summed E-state index contributed by atoms with van der Waals surface area (Å²) in [7, 11) is -3.69. The van der Waals surface area contributed by atoms with Gasteiger partial charge < -0.3 is 0 Å². The van der Waals surface area contributed by atoms with Crippen LogP contribution in [0.1, 0.15) is 0 Å². The Morgan fingerprint density at radius 1 is 0.588 bits per heavy atom. The van der Waals surface area contributed by atoms with Gasteiger partial charge in [0.25, 0.3) is 0 Å². The minimum absolute atomic E-state index is 1.07. The molecule has 0 radical (unpaired) electrons. The molecular weight excluding hydrogens is 366 g/mol. The molecule has 0 aliphatic carbocycles. The molecule has 0 saturated carbocycles. The maximum atomic E-state index is 15.6. The van der Waals surface area contributed by atoms with Crippen molar-refractivity contribution < 1.29 is 2.87 Å². The topological polar surface area (TPSA) is 0 Å². The molecule has 0 heterocycles. The molecule has 0 fully saturated rings. The molecule has 0 atom stereocenters. The number of hydrogen-bond donors (Lipinski definition) is 0. The zero-order valence-electron chi connectivity index (χ0n) is 13.5. The molecule has 0 rings (SSSR count). The quantitative estimate of drug-likeness (QED) is 0.515. The van der Waals surface area contributed by atoms with Crippen molar-refractivity contribution in [3.05, 3.63) is 0 Å². The van der Waals surface area contributed by atoms with Crippen LogP contribution in [0.4, 0.5) is 2.87 Å². The van der Waals surface area contributed by atoms with Crippen molar-refractivity contribution >= 4 is 43.2 Å². The van der Waals surface area contributed by atoms with Gasteiger partial charge in [0.05, 0.1) is 0 Å². The summed E-state index contributed by atoms with van der Waals surface area (Å²) in [6.07, 6.45) is 0. The summed E-state index contributed by atoms with van der Waals surface area (Å²) in [6, 6.07) is 0. The Hall–Kier alpha value is 1.38. The second-order valence-electron chi connectivity index (χ2n) is 9.36. The third kappa shape index (κ3) is 10.9. The third-order valence-electron chi connectivity index (χ3n) is 2.54. The second-order valence-corrected chi connectivity index (χ2v) is 41.4. The van der Waals surface area contributed by atoms with E-state index in [1.54, 1.807) is 0 Å². The standard InChI is InChI=1S/3C4H11Si.FH.Sn/c3*1-5(2,3)4;;/h3*1H2,2-4H3;1H;/q;;;;+1/p-1. The molecule has 0 N–H and O–H groups in total. The molecule has 17 heavy (non-hydrogen) atoms. The van der Waals surface area contributed by atoms with Crippen molar-refractivity contribution in [3.63, 3.8) is 0 Å². The van der Waals surface area contributed by atoms with Gasteiger partial charge in [-0.2, -0.15) is 0 Å². The van der Waals surface area contributed by atoms with Crippen LogP contribution in [0.3, 0.4) is 0 Å². The molecule has 0 aliphatic heterocycles. The van der Waals surface area contributed by atoms with Crippen molar-refractivity contribution in [3.8, 4) is 0 Å². The molecule has 104 valence electrons. The fourth-order valence-corrected chi connectivity index (χ4v) is 68.7. The Bertz CT molecular complexity index is 207. The summed E-state index contributed by atoms with van der Waals surface area (Å²) in [5.41, 5.74) is 0.